The number of halogens is 1. The minimum absolute atomic E-state index is 0.472. The van der Waals surface area contributed by atoms with Gasteiger partial charge in [-0.2, -0.15) is 5.10 Å². The van der Waals surface area contributed by atoms with Gasteiger partial charge in [0.2, 0.25) is 0 Å². The average molecular weight is 318 g/mol. The zero-order valence-corrected chi connectivity index (χ0v) is 13.9. The predicted octanol–water partition coefficient (Wildman–Crippen LogP) is 4.92. The normalized spacial score (nSPS) is 10.7. The number of nitrogens with zero attached hydrogens (tertiary/aromatic N) is 3. The van der Waals surface area contributed by atoms with Gasteiger partial charge in [-0.05, 0) is 33.2 Å². The van der Waals surface area contributed by atoms with Crippen molar-refractivity contribution in [1.29, 1.82) is 0 Å². The minimum atomic E-state index is 0.472. The molecule has 3 aromatic rings. The fourth-order valence-electron chi connectivity index (χ4n) is 1.87. The topological polar surface area (TPSA) is 30.7 Å². The van der Waals surface area contributed by atoms with Gasteiger partial charge in [0.1, 0.15) is 16.4 Å². The number of aromatic nitrogens is 3. The van der Waals surface area contributed by atoms with Crippen LogP contribution in [0.4, 0.5) is 0 Å². The Balaban J connectivity index is 0.000000774. The molecule has 108 valence electrons. The quantitative estimate of drug-likeness (QED) is 0.496. The highest BCUT2D eigenvalue weighted by Crippen LogP contribution is 2.22. The van der Waals surface area contributed by atoms with Gasteiger partial charge < -0.3 is 0 Å². The van der Waals surface area contributed by atoms with Crippen LogP contribution >= 0.6 is 21.0 Å². The molecule has 5 heteroatoms. The molecule has 0 fully saturated rings. The summed E-state index contributed by atoms with van der Waals surface area (Å²) in [6.45, 7) is 4.00. The highest BCUT2D eigenvalue weighted by molar-refractivity contribution is 7.14. The van der Waals surface area contributed by atoms with E-state index in [1.807, 2.05) is 62.4 Å². The minimum Gasteiger partial charge on any atom is -0.248 e. The van der Waals surface area contributed by atoms with Crippen LogP contribution in [0.25, 0.3) is 23.2 Å². The Morgan fingerprint density at radius 1 is 1.05 bits per heavy atom. The number of pyridine rings is 1. The standard InChI is InChI=1S/C14H11ClN3P.C2H6/c15-13-9-8-12-14(16-13)11(17-18(12)19)7-6-10-4-2-1-3-5-10;1-2/h1-9H,19H2;1-2H3/b7-6+;. The Morgan fingerprint density at radius 3 is 2.48 bits per heavy atom. The summed E-state index contributed by atoms with van der Waals surface area (Å²) in [4.78, 5) is 4.33. The van der Waals surface area contributed by atoms with E-state index in [-0.39, 0.29) is 0 Å². The smallest absolute Gasteiger partial charge is 0.130 e. The van der Waals surface area contributed by atoms with Crippen molar-refractivity contribution in [2.24, 2.45) is 0 Å². The first-order chi connectivity index (χ1) is 10.2. The maximum Gasteiger partial charge on any atom is 0.130 e. The second kappa shape index (κ2) is 7.35. The molecule has 0 spiro atoms. The third-order valence-electron chi connectivity index (χ3n) is 2.78. The highest BCUT2D eigenvalue weighted by Gasteiger charge is 2.07. The first-order valence-corrected chi connectivity index (χ1v) is 7.67. The Morgan fingerprint density at radius 2 is 1.76 bits per heavy atom. The highest BCUT2D eigenvalue weighted by atomic mass is 35.5. The van der Waals surface area contributed by atoms with Gasteiger partial charge in [-0.25, -0.2) is 9.44 Å². The van der Waals surface area contributed by atoms with Gasteiger partial charge in [-0.3, -0.25) is 0 Å². The Bertz CT molecular complexity index is 751. The zero-order valence-electron chi connectivity index (χ0n) is 12.0. The monoisotopic (exact) mass is 317 g/mol. The van der Waals surface area contributed by atoms with E-state index in [9.17, 15) is 0 Å². The summed E-state index contributed by atoms with van der Waals surface area (Å²) in [5, 5.41) is 4.89. The third kappa shape index (κ3) is 3.69. The number of benzene rings is 1. The largest absolute Gasteiger partial charge is 0.248 e. The van der Waals surface area contributed by atoms with E-state index < -0.39 is 0 Å². The zero-order chi connectivity index (χ0) is 15.2. The van der Waals surface area contributed by atoms with Crippen LogP contribution in [0.15, 0.2) is 42.5 Å². The molecule has 0 saturated heterocycles. The van der Waals surface area contributed by atoms with Crippen LogP contribution in [0.2, 0.25) is 5.15 Å². The van der Waals surface area contributed by atoms with Crippen molar-refractivity contribution in [1.82, 2.24) is 14.5 Å². The molecule has 2 heterocycles. The molecular formula is C16H17ClN3P. The Labute approximate surface area is 131 Å². The van der Waals surface area contributed by atoms with E-state index >= 15 is 0 Å². The SMILES string of the molecule is CC.Pn1nc(/C=C/c2ccccc2)c2nc(Cl)ccc21. The van der Waals surface area contributed by atoms with Crippen LogP contribution in [-0.4, -0.2) is 14.5 Å². The summed E-state index contributed by atoms with van der Waals surface area (Å²) >= 11 is 5.94. The van der Waals surface area contributed by atoms with E-state index in [1.54, 1.807) is 10.5 Å². The first-order valence-electron chi connectivity index (χ1n) is 6.77. The van der Waals surface area contributed by atoms with Crippen LogP contribution in [0.1, 0.15) is 25.1 Å². The molecule has 0 N–H and O–H groups in total. The predicted molar refractivity (Wildman–Crippen MR) is 94.4 cm³/mol. The van der Waals surface area contributed by atoms with Crippen LogP contribution in [0, 0.1) is 0 Å². The molecule has 2 aromatic heterocycles. The van der Waals surface area contributed by atoms with Gasteiger partial charge in [-0.1, -0.05) is 61.9 Å². The summed E-state index contributed by atoms with van der Waals surface area (Å²) < 4.78 is 1.73. The molecule has 21 heavy (non-hydrogen) atoms. The fraction of sp³-hybridized carbons (Fsp3) is 0.125. The van der Waals surface area contributed by atoms with Gasteiger partial charge >= 0.3 is 0 Å². The van der Waals surface area contributed by atoms with E-state index in [4.69, 9.17) is 11.6 Å². The van der Waals surface area contributed by atoms with Crippen molar-refractivity contribution in [3.63, 3.8) is 0 Å². The number of fused-ring (bicyclic) bond motifs is 1. The van der Waals surface area contributed by atoms with Gasteiger partial charge in [0.15, 0.2) is 0 Å². The van der Waals surface area contributed by atoms with Crippen LogP contribution in [0.3, 0.4) is 0 Å². The Hall–Kier alpha value is -1.70. The molecule has 3 nitrogen and oxygen atoms in total. The van der Waals surface area contributed by atoms with Crippen molar-refractivity contribution in [2.45, 2.75) is 13.8 Å². The summed E-state index contributed by atoms with van der Waals surface area (Å²) in [6, 6.07) is 13.7. The van der Waals surface area contributed by atoms with Crippen molar-refractivity contribution in [3.8, 4) is 0 Å². The molecule has 3 rings (SSSR count). The second-order valence-electron chi connectivity index (χ2n) is 4.08. The lowest BCUT2D eigenvalue weighted by Crippen LogP contribution is -1.80. The van der Waals surface area contributed by atoms with Crippen molar-refractivity contribution < 1.29 is 0 Å². The maximum absolute atomic E-state index is 5.94. The molecule has 0 saturated carbocycles. The van der Waals surface area contributed by atoms with E-state index in [0.717, 1.165) is 22.3 Å². The lowest BCUT2D eigenvalue weighted by Gasteiger charge is -1.93. The fourth-order valence-corrected chi connectivity index (χ4v) is 2.35. The van der Waals surface area contributed by atoms with Crippen LogP contribution in [-0.2, 0) is 0 Å². The molecule has 1 unspecified atom stereocenters. The lowest BCUT2D eigenvalue weighted by molar-refractivity contribution is 1.03. The van der Waals surface area contributed by atoms with Crippen molar-refractivity contribution in [3.05, 3.63) is 58.9 Å². The van der Waals surface area contributed by atoms with Gasteiger partial charge in [0.05, 0.1) is 5.52 Å². The number of rotatable bonds is 2. The van der Waals surface area contributed by atoms with E-state index in [0.29, 0.717) is 5.15 Å². The number of hydrogen-bond donors (Lipinski definition) is 0. The van der Waals surface area contributed by atoms with Crippen molar-refractivity contribution in [2.75, 3.05) is 0 Å². The van der Waals surface area contributed by atoms with Crippen LogP contribution < -0.4 is 0 Å². The Kier molecular flexibility index (Phi) is 5.49. The van der Waals surface area contributed by atoms with E-state index in [2.05, 4.69) is 19.5 Å². The van der Waals surface area contributed by atoms with Crippen molar-refractivity contribution >= 4 is 44.2 Å². The van der Waals surface area contributed by atoms with Gasteiger partial charge in [0.25, 0.3) is 0 Å². The molecule has 0 aliphatic rings. The summed E-state index contributed by atoms with van der Waals surface area (Å²) in [7, 11) is 2.55. The van der Waals surface area contributed by atoms with Gasteiger partial charge in [0, 0.05) is 0 Å². The van der Waals surface area contributed by atoms with Crippen LogP contribution in [0.5, 0.6) is 0 Å². The summed E-state index contributed by atoms with van der Waals surface area (Å²) in [5.74, 6) is 0. The molecule has 0 aliphatic carbocycles. The molecule has 0 radical (unpaired) electrons. The molecule has 1 atom stereocenters. The second-order valence-corrected chi connectivity index (χ2v) is 4.95. The molecule has 1 aromatic carbocycles. The maximum atomic E-state index is 5.94. The molecule has 0 amide bonds. The average Bonchev–Trinajstić information content (AvgIpc) is 2.84. The molecule has 0 bridgehead atoms. The molecule has 0 aliphatic heterocycles. The first kappa shape index (κ1) is 15.7. The number of hydrogen-bond acceptors (Lipinski definition) is 2. The van der Waals surface area contributed by atoms with E-state index in [1.165, 1.54) is 0 Å². The molecular weight excluding hydrogens is 301 g/mol. The summed E-state index contributed by atoms with van der Waals surface area (Å²) in [6.07, 6.45) is 3.95. The summed E-state index contributed by atoms with van der Waals surface area (Å²) in [5.41, 5.74) is 3.66. The lowest BCUT2D eigenvalue weighted by atomic mass is 10.2. The third-order valence-corrected chi connectivity index (χ3v) is 3.38. The van der Waals surface area contributed by atoms with Gasteiger partial charge in [-0.15, -0.1) is 0 Å².